The molecule has 42 heavy (non-hydrogen) atoms. The van der Waals surface area contributed by atoms with Crippen LogP contribution >= 0.6 is 0 Å². The highest BCUT2D eigenvalue weighted by Crippen LogP contribution is 2.35. The third-order valence-corrected chi connectivity index (χ3v) is 6.88. The monoisotopic (exact) mass is 558 g/mol. The summed E-state index contributed by atoms with van der Waals surface area (Å²) in [6.45, 7) is 0.537. The Morgan fingerprint density at radius 3 is 2.14 bits per heavy atom. The van der Waals surface area contributed by atoms with Crippen LogP contribution in [0.2, 0.25) is 0 Å². The van der Waals surface area contributed by atoms with Gasteiger partial charge in [0, 0.05) is 17.7 Å². The largest absolute Gasteiger partial charge is 0.497 e. The number of carbonyl (C=O) groups is 1. The number of nitrogens with zero attached hydrogens (tertiary/aromatic N) is 3. The van der Waals surface area contributed by atoms with Crippen molar-refractivity contribution >= 4 is 11.5 Å². The van der Waals surface area contributed by atoms with Gasteiger partial charge in [-0.2, -0.15) is 10.4 Å². The van der Waals surface area contributed by atoms with Crippen molar-refractivity contribution in [2.75, 3.05) is 20.0 Å². The number of ether oxygens (including phenoxy) is 3. The Labute approximate surface area is 244 Å². The fourth-order valence-corrected chi connectivity index (χ4v) is 4.62. The van der Waals surface area contributed by atoms with Gasteiger partial charge in [0.1, 0.15) is 29.5 Å². The summed E-state index contributed by atoms with van der Waals surface area (Å²) in [4.78, 5) is 14.1. The molecule has 5 rings (SSSR count). The normalized spacial score (nSPS) is 10.6. The number of nitrogen functional groups attached to an aromatic ring is 1. The highest BCUT2D eigenvalue weighted by Gasteiger charge is 2.27. The first kappa shape index (κ1) is 28.0. The van der Waals surface area contributed by atoms with Gasteiger partial charge in [0.2, 0.25) is 0 Å². The first-order valence-electron chi connectivity index (χ1n) is 13.4. The Hall–Kier alpha value is -5.55. The van der Waals surface area contributed by atoms with Crippen molar-refractivity contribution < 1.29 is 19.0 Å². The van der Waals surface area contributed by atoms with Crippen LogP contribution in [0.5, 0.6) is 17.2 Å². The molecule has 0 aliphatic carbocycles. The van der Waals surface area contributed by atoms with E-state index in [4.69, 9.17) is 25.0 Å². The lowest BCUT2D eigenvalue weighted by Gasteiger charge is -2.12. The summed E-state index contributed by atoms with van der Waals surface area (Å²) in [6, 6.07) is 31.8. The van der Waals surface area contributed by atoms with Crippen LogP contribution in [-0.4, -0.2) is 29.8 Å². The molecule has 1 heterocycles. The van der Waals surface area contributed by atoms with Crippen LogP contribution in [0.15, 0.2) is 97.1 Å². The number of Topliss-reactive ketones (excluding diaryl/α,β-unsaturated/α-hetero) is 1. The third kappa shape index (κ3) is 6.26. The molecule has 2 N–H and O–H groups in total. The quantitative estimate of drug-likeness (QED) is 0.155. The average molecular weight is 559 g/mol. The van der Waals surface area contributed by atoms with E-state index in [-0.39, 0.29) is 18.8 Å². The standard InChI is InChI=1S/C34H30N4O4/c1-40-28-13-8-23(9-14-28)21-38-33(31(39)19-27-18-25(20-35)12-17-30(27)36)34(32(37-38)26-6-4-3-5-7-26)42-22-24-10-15-29(41-2)16-11-24/h3-18H,19,21-22,36H2,1-2H3. The summed E-state index contributed by atoms with van der Waals surface area (Å²) in [6.07, 6.45) is -0.0250. The van der Waals surface area contributed by atoms with E-state index in [0.29, 0.717) is 40.5 Å². The Kier molecular flexibility index (Phi) is 8.50. The zero-order valence-electron chi connectivity index (χ0n) is 23.4. The molecule has 0 bridgehead atoms. The molecule has 0 aliphatic rings. The lowest BCUT2D eigenvalue weighted by molar-refractivity contribution is 0.0978. The smallest absolute Gasteiger partial charge is 0.189 e. The second-order valence-corrected chi connectivity index (χ2v) is 9.66. The van der Waals surface area contributed by atoms with Crippen LogP contribution in [-0.2, 0) is 19.6 Å². The minimum absolute atomic E-state index is 0.0250. The van der Waals surface area contributed by atoms with Gasteiger partial charge in [0.15, 0.2) is 11.5 Å². The number of benzene rings is 4. The van der Waals surface area contributed by atoms with Crippen LogP contribution in [0.3, 0.4) is 0 Å². The Morgan fingerprint density at radius 2 is 1.52 bits per heavy atom. The summed E-state index contributed by atoms with van der Waals surface area (Å²) < 4.78 is 18.7. The second-order valence-electron chi connectivity index (χ2n) is 9.66. The van der Waals surface area contributed by atoms with Gasteiger partial charge >= 0.3 is 0 Å². The van der Waals surface area contributed by atoms with E-state index in [1.54, 1.807) is 37.1 Å². The molecule has 8 heteroatoms. The maximum atomic E-state index is 14.1. The van der Waals surface area contributed by atoms with E-state index in [0.717, 1.165) is 28.2 Å². The van der Waals surface area contributed by atoms with Gasteiger partial charge in [-0.15, -0.1) is 0 Å². The highest BCUT2D eigenvalue weighted by molar-refractivity contribution is 6.01. The predicted octanol–water partition coefficient (Wildman–Crippen LogP) is 6.07. The van der Waals surface area contributed by atoms with Crippen LogP contribution < -0.4 is 19.9 Å². The van der Waals surface area contributed by atoms with Crippen molar-refractivity contribution in [2.45, 2.75) is 19.6 Å². The topological polar surface area (TPSA) is 112 Å². The first-order chi connectivity index (χ1) is 20.5. The van der Waals surface area contributed by atoms with E-state index < -0.39 is 0 Å². The summed E-state index contributed by atoms with van der Waals surface area (Å²) in [5.74, 6) is 1.62. The molecule has 0 saturated carbocycles. The molecular formula is C34H30N4O4. The predicted molar refractivity (Wildman–Crippen MR) is 161 cm³/mol. The summed E-state index contributed by atoms with van der Waals surface area (Å²) in [5.41, 5.74) is 11.2. The minimum atomic E-state index is -0.232. The van der Waals surface area contributed by atoms with Gasteiger partial charge in [-0.3, -0.25) is 9.48 Å². The zero-order valence-corrected chi connectivity index (χ0v) is 23.4. The van der Waals surface area contributed by atoms with Gasteiger partial charge < -0.3 is 19.9 Å². The minimum Gasteiger partial charge on any atom is -0.497 e. The zero-order chi connectivity index (χ0) is 29.5. The van der Waals surface area contributed by atoms with Crippen molar-refractivity contribution in [1.29, 1.82) is 5.26 Å². The highest BCUT2D eigenvalue weighted by atomic mass is 16.5. The molecule has 0 saturated heterocycles. The lowest BCUT2D eigenvalue weighted by atomic mass is 10.0. The van der Waals surface area contributed by atoms with E-state index >= 15 is 0 Å². The Bertz CT molecular complexity index is 1720. The Morgan fingerprint density at radius 1 is 0.881 bits per heavy atom. The van der Waals surface area contributed by atoms with E-state index in [1.807, 2.05) is 78.9 Å². The SMILES string of the molecule is COc1ccc(COc2c(-c3ccccc3)nn(Cc3ccc(OC)cc3)c2C(=O)Cc2cc(C#N)ccc2N)cc1. The molecule has 0 unspecified atom stereocenters. The maximum absolute atomic E-state index is 14.1. The molecule has 4 aromatic carbocycles. The van der Waals surface area contributed by atoms with Crippen LogP contribution in [0.1, 0.15) is 32.7 Å². The van der Waals surface area contributed by atoms with Gasteiger partial charge in [0.05, 0.1) is 32.4 Å². The van der Waals surface area contributed by atoms with Crippen molar-refractivity contribution in [3.05, 3.63) is 125 Å². The first-order valence-corrected chi connectivity index (χ1v) is 13.4. The molecule has 0 amide bonds. The molecule has 0 fully saturated rings. The molecule has 5 aromatic rings. The summed E-state index contributed by atoms with van der Waals surface area (Å²) in [7, 11) is 3.23. The van der Waals surface area contributed by atoms with E-state index in [2.05, 4.69) is 6.07 Å². The van der Waals surface area contributed by atoms with E-state index in [9.17, 15) is 10.1 Å². The number of ketones is 1. The average Bonchev–Trinajstić information content (AvgIpc) is 3.40. The van der Waals surface area contributed by atoms with Crippen LogP contribution in [0, 0.1) is 11.3 Å². The molecule has 1 aromatic heterocycles. The fourth-order valence-electron chi connectivity index (χ4n) is 4.62. The van der Waals surface area contributed by atoms with Gasteiger partial charge in [-0.25, -0.2) is 0 Å². The van der Waals surface area contributed by atoms with Gasteiger partial charge in [-0.1, -0.05) is 54.6 Å². The number of rotatable bonds is 11. The number of aromatic nitrogens is 2. The van der Waals surface area contributed by atoms with Crippen molar-refractivity contribution in [1.82, 2.24) is 9.78 Å². The molecule has 210 valence electrons. The number of anilines is 1. The number of methoxy groups -OCH3 is 2. The summed E-state index contributed by atoms with van der Waals surface area (Å²) in [5, 5.41) is 14.3. The fraction of sp³-hybridized carbons (Fsp3) is 0.147. The van der Waals surface area contributed by atoms with Gasteiger partial charge in [0.25, 0.3) is 0 Å². The lowest BCUT2D eigenvalue weighted by Crippen LogP contribution is -2.15. The number of nitrogens with two attached hydrogens (primary N) is 1. The van der Waals surface area contributed by atoms with E-state index in [1.165, 1.54) is 0 Å². The second kappa shape index (κ2) is 12.7. The molecular weight excluding hydrogens is 528 g/mol. The van der Waals surface area contributed by atoms with Crippen molar-refractivity contribution in [3.63, 3.8) is 0 Å². The number of hydrogen-bond acceptors (Lipinski definition) is 7. The Balaban J connectivity index is 1.60. The van der Waals surface area contributed by atoms with Crippen LogP contribution in [0.4, 0.5) is 5.69 Å². The van der Waals surface area contributed by atoms with Crippen LogP contribution in [0.25, 0.3) is 11.3 Å². The molecule has 0 spiro atoms. The number of carbonyl (C=O) groups excluding carboxylic acids is 1. The molecule has 0 radical (unpaired) electrons. The number of hydrogen-bond donors (Lipinski definition) is 1. The molecule has 0 aliphatic heterocycles. The van der Waals surface area contributed by atoms with Crippen molar-refractivity contribution in [2.24, 2.45) is 0 Å². The summed E-state index contributed by atoms with van der Waals surface area (Å²) >= 11 is 0. The van der Waals surface area contributed by atoms with Crippen molar-refractivity contribution in [3.8, 4) is 34.6 Å². The molecule has 0 atom stereocenters. The van der Waals surface area contributed by atoms with Gasteiger partial charge in [-0.05, 0) is 59.2 Å². The maximum Gasteiger partial charge on any atom is 0.189 e. The third-order valence-electron chi connectivity index (χ3n) is 6.88. The molecule has 8 nitrogen and oxygen atoms in total. The number of nitriles is 1.